The summed E-state index contributed by atoms with van der Waals surface area (Å²) in [6.45, 7) is 7.80. The third kappa shape index (κ3) is 5.66. The van der Waals surface area contributed by atoms with Crippen molar-refractivity contribution in [3.05, 3.63) is 20.8 Å². The molecule has 0 aliphatic carbocycles. The molecule has 86 valence electrons. The lowest BCUT2D eigenvalue weighted by Gasteiger charge is -2.07. The van der Waals surface area contributed by atoms with Crippen molar-refractivity contribution in [2.45, 2.75) is 20.4 Å². The van der Waals surface area contributed by atoms with Gasteiger partial charge in [-0.2, -0.15) is 0 Å². The highest BCUT2D eigenvalue weighted by Crippen LogP contribution is 2.21. The van der Waals surface area contributed by atoms with Gasteiger partial charge in [0.15, 0.2) is 0 Å². The first-order chi connectivity index (χ1) is 7.20. The summed E-state index contributed by atoms with van der Waals surface area (Å²) in [6, 6.07) is 2.08. The number of nitrogens with one attached hydrogen (secondary N) is 1. The van der Waals surface area contributed by atoms with E-state index in [-0.39, 0.29) is 0 Å². The minimum Gasteiger partial charge on any atom is -0.380 e. The van der Waals surface area contributed by atoms with E-state index in [1.807, 2.05) is 0 Å². The van der Waals surface area contributed by atoms with Crippen molar-refractivity contribution in [3.63, 3.8) is 0 Å². The molecule has 1 aromatic rings. The van der Waals surface area contributed by atoms with E-state index in [9.17, 15) is 0 Å². The number of hydrogen-bond acceptors (Lipinski definition) is 3. The van der Waals surface area contributed by atoms with Gasteiger partial charge in [0, 0.05) is 29.0 Å². The van der Waals surface area contributed by atoms with Crippen molar-refractivity contribution in [3.8, 4) is 0 Å². The van der Waals surface area contributed by atoms with Gasteiger partial charge in [0.05, 0.1) is 6.61 Å². The number of halogens is 1. The van der Waals surface area contributed by atoms with Crippen LogP contribution in [0, 0.1) is 5.92 Å². The van der Waals surface area contributed by atoms with Gasteiger partial charge in [0.1, 0.15) is 0 Å². The molecule has 0 unspecified atom stereocenters. The third-order valence-electron chi connectivity index (χ3n) is 1.85. The molecule has 0 fully saturated rings. The molecule has 0 aromatic carbocycles. The molecule has 2 nitrogen and oxygen atoms in total. The van der Waals surface area contributed by atoms with E-state index in [2.05, 4.69) is 46.5 Å². The first kappa shape index (κ1) is 13.2. The second-order valence-electron chi connectivity index (χ2n) is 3.84. The zero-order valence-corrected chi connectivity index (χ0v) is 11.7. The summed E-state index contributed by atoms with van der Waals surface area (Å²) in [4.78, 5) is 1.35. The van der Waals surface area contributed by atoms with Crippen LogP contribution >= 0.6 is 27.3 Å². The molecule has 1 N–H and O–H groups in total. The molecule has 0 aliphatic rings. The van der Waals surface area contributed by atoms with Gasteiger partial charge in [-0.3, -0.25) is 0 Å². The molecule has 1 rings (SSSR count). The average Bonchev–Trinajstić information content (AvgIpc) is 2.57. The van der Waals surface area contributed by atoms with Gasteiger partial charge in [-0.1, -0.05) is 13.8 Å². The van der Waals surface area contributed by atoms with Crippen molar-refractivity contribution in [1.82, 2.24) is 5.32 Å². The van der Waals surface area contributed by atoms with Crippen LogP contribution in [0.1, 0.15) is 18.7 Å². The maximum atomic E-state index is 5.47. The maximum absolute atomic E-state index is 5.47. The Morgan fingerprint density at radius 3 is 2.93 bits per heavy atom. The Kier molecular flexibility index (Phi) is 6.48. The van der Waals surface area contributed by atoms with E-state index in [0.29, 0.717) is 5.92 Å². The van der Waals surface area contributed by atoms with Crippen LogP contribution in [0.5, 0.6) is 0 Å². The second kappa shape index (κ2) is 7.39. The Bertz CT molecular complexity index is 275. The summed E-state index contributed by atoms with van der Waals surface area (Å²) in [5.41, 5.74) is 0. The SMILES string of the molecule is CC(C)COCCNCc1sccc1Br. The van der Waals surface area contributed by atoms with Crippen molar-refractivity contribution >= 4 is 27.3 Å². The van der Waals surface area contributed by atoms with Crippen LogP contribution in [0.25, 0.3) is 0 Å². The van der Waals surface area contributed by atoms with E-state index in [1.165, 1.54) is 9.35 Å². The lowest BCUT2D eigenvalue weighted by Crippen LogP contribution is -2.19. The molecule has 0 spiro atoms. The Morgan fingerprint density at radius 2 is 2.33 bits per heavy atom. The molecule has 0 atom stereocenters. The average molecular weight is 292 g/mol. The smallest absolute Gasteiger partial charge is 0.0591 e. The lowest BCUT2D eigenvalue weighted by atomic mass is 10.2. The van der Waals surface area contributed by atoms with Crippen LogP contribution in [0.4, 0.5) is 0 Å². The van der Waals surface area contributed by atoms with Crippen molar-refractivity contribution in [2.24, 2.45) is 5.92 Å². The molecule has 0 saturated heterocycles. The predicted molar refractivity (Wildman–Crippen MR) is 69.4 cm³/mol. The highest BCUT2D eigenvalue weighted by Gasteiger charge is 1.99. The number of rotatable bonds is 7. The molecule has 0 amide bonds. The largest absolute Gasteiger partial charge is 0.380 e. The molecule has 4 heteroatoms. The van der Waals surface area contributed by atoms with Crippen molar-refractivity contribution < 1.29 is 4.74 Å². The summed E-state index contributed by atoms with van der Waals surface area (Å²) < 4.78 is 6.67. The van der Waals surface area contributed by atoms with Gasteiger partial charge in [-0.05, 0) is 33.3 Å². The molecule has 0 radical (unpaired) electrons. The van der Waals surface area contributed by atoms with Gasteiger partial charge >= 0.3 is 0 Å². The van der Waals surface area contributed by atoms with Crippen LogP contribution in [-0.4, -0.2) is 19.8 Å². The first-order valence-electron chi connectivity index (χ1n) is 5.20. The van der Waals surface area contributed by atoms with E-state index in [4.69, 9.17) is 4.74 Å². The van der Waals surface area contributed by atoms with Crippen LogP contribution in [0.15, 0.2) is 15.9 Å². The van der Waals surface area contributed by atoms with E-state index in [1.54, 1.807) is 11.3 Å². The topological polar surface area (TPSA) is 21.3 Å². The molecule has 0 bridgehead atoms. The fourth-order valence-corrected chi connectivity index (χ4v) is 2.58. The Morgan fingerprint density at radius 1 is 1.53 bits per heavy atom. The highest BCUT2D eigenvalue weighted by molar-refractivity contribution is 9.10. The quantitative estimate of drug-likeness (QED) is 0.779. The van der Waals surface area contributed by atoms with Crippen LogP contribution in [0.3, 0.4) is 0 Å². The van der Waals surface area contributed by atoms with Crippen LogP contribution in [0.2, 0.25) is 0 Å². The van der Waals surface area contributed by atoms with E-state index in [0.717, 1.165) is 26.3 Å². The summed E-state index contributed by atoms with van der Waals surface area (Å²) in [5.74, 6) is 0.622. The summed E-state index contributed by atoms with van der Waals surface area (Å²) >= 11 is 5.28. The summed E-state index contributed by atoms with van der Waals surface area (Å²) in [5, 5.41) is 5.45. The minimum absolute atomic E-state index is 0.622. The third-order valence-corrected chi connectivity index (χ3v) is 3.78. The number of thiophene rings is 1. The monoisotopic (exact) mass is 291 g/mol. The molecule has 1 aromatic heterocycles. The summed E-state index contributed by atoms with van der Waals surface area (Å²) in [7, 11) is 0. The molecule has 1 heterocycles. The number of ether oxygens (including phenoxy) is 1. The first-order valence-corrected chi connectivity index (χ1v) is 6.87. The zero-order chi connectivity index (χ0) is 11.1. The molecule has 0 aliphatic heterocycles. The number of hydrogen-bond donors (Lipinski definition) is 1. The van der Waals surface area contributed by atoms with Gasteiger partial charge in [0.2, 0.25) is 0 Å². The molecular formula is C11H18BrNOS. The van der Waals surface area contributed by atoms with Gasteiger partial charge in [-0.25, -0.2) is 0 Å². The van der Waals surface area contributed by atoms with E-state index >= 15 is 0 Å². The second-order valence-corrected chi connectivity index (χ2v) is 5.69. The van der Waals surface area contributed by atoms with Crippen molar-refractivity contribution in [2.75, 3.05) is 19.8 Å². The molecule has 15 heavy (non-hydrogen) atoms. The van der Waals surface area contributed by atoms with Gasteiger partial charge < -0.3 is 10.1 Å². The zero-order valence-electron chi connectivity index (χ0n) is 9.25. The van der Waals surface area contributed by atoms with Crippen LogP contribution in [-0.2, 0) is 11.3 Å². The fourth-order valence-electron chi connectivity index (χ4n) is 1.12. The Hall–Kier alpha value is 0.100. The highest BCUT2D eigenvalue weighted by atomic mass is 79.9. The predicted octanol–water partition coefficient (Wildman–Crippen LogP) is 3.27. The van der Waals surface area contributed by atoms with Gasteiger partial charge in [0.25, 0.3) is 0 Å². The lowest BCUT2D eigenvalue weighted by molar-refractivity contribution is 0.111. The van der Waals surface area contributed by atoms with Gasteiger partial charge in [-0.15, -0.1) is 11.3 Å². The molecular weight excluding hydrogens is 274 g/mol. The summed E-state index contributed by atoms with van der Waals surface area (Å²) in [6.07, 6.45) is 0. The van der Waals surface area contributed by atoms with Crippen molar-refractivity contribution in [1.29, 1.82) is 0 Å². The fraction of sp³-hybridized carbons (Fsp3) is 0.636. The Balaban J connectivity index is 2.00. The standard InChI is InChI=1S/C11H18BrNOS/c1-9(2)8-14-5-4-13-7-11-10(12)3-6-15-11/h3,6,9,13H,4-5,7-8H2,1-2H3. The maximum Gasteiger partial charge on any atom is 0.0591 e. The minimum atomic E-state index is 0.622. The van der Waals surface area contributed by atoms with Crippen LogP contribution < -0.4 is 5.32 Å². The molecule has 0 saturated carbocycles. The Labute approximate surface area is 104 Å². The van der Waals surface area contributed by atoms with E-state index < -0.39 is 0 Å². The normalized spacial score (nSPS) is 11.2.